The van der Waals surface area contributed by atoms with Crippen LogP contribution in [0.5, 0.6) is 0 Å². The van der Waals surface area contributed by atoms with E-state index in [0.29, 0.717) is 17.3 Å². The van der Waals surface area contributed by atoms with Crippen molar-refractivity contribution in [2.75, 3.05) is 0 Å². The molecule has 0 saturated carbocycles. The summed E-state index contributed by atoms with van der Waals surface area (Å²) >= 11 is 1.69. The molecule has 0 aliphatic rings. The third kappa shape index (κ3) is 3.70. The van der Waals surface area contributed by atoms with Crippen LogP contribution in [-0.2, 0) is 0 Å². The van der Waals surface area contributed by atoms with Gasteiger partial charge in [0.25, 0.3) is 5.91 Å². The topological polar surface area (TPSA) is 59.8 Å². The zero-order valence-electron chi connectivity index (χ0n) is 15.3. The molecule has 1 unspecified atom stereocenters. The smallest absolute Gasteiger partial charge is 0.255 e. The molecule has 0 aliphatic heterocycles. The van der Waals surface area contributed by atoms with Gasteiger partial charge in [-0.3, -0.25) is 4.79 Å². The summed E-state index contributed by atoms with van der Waals surface area (Å²) in [6.07, 6.45) is 5.38. The molecule has 1 N–H and O–H groups in total. The fraction of sp³-hybridized carbons (Fsp3) is 0.350. The minimum atomic E-state index is -0.0880. The highest BCUT2D eigenvalue weighted by atomic mass is 32.1. The van der Waals surface area contributed by atoms with Crippen molar-refractivity contribution in [3.63, 3.8) is 0 Å². The summed E-state index contributed by atoms with van der Waals surface area (Å²) in [6.45, 7) is 6.24. The third-order valence-electron chi connectivity index (χ3n) is 4.78. The van der Waals surface area contributed by atoms with Crippen LogP contribution in [0.15, 0.2) is 48.1 Å². The number of hydrogen-bond acceptors (Lipinski definition) is 4. The maximum Gasteiger partial charge on any atom is 0.255 e. The number of rotatable bonds is 7. The normalized spacial score (nSPS) is 12.3. The second-order valence-corrected chi connectivity index (χ2v) is 7.27. The molecule has 3 heterocycles. The molecular formula is C20H24N4OS. The van der Waals surface area contributed by atoms with Gasteiger partial charge >= 0.3 is 0 Å². The van der Waals surface area contributed by atoms with Crippen LogP contribution in [0.2, 0.25) is 0 Å². The Morgan fingerprint density at radius 3 is 2.65 bits per heavy atom. The average Bonchev–Trinajstić information content (AvgIpc) is 3.32. The van der Waals surface area contributed by atoms with E-state index in [1.807, 2.05) is 31.2 Å². The summed E-state index contributed by atoms with van der Waals surface area (Å²) in [7, 11) is 0. The van der Waals surface area contributed by atoms with E-state index in [4.69, 9.17) is 0 Å². The number of hydrogen-bond donors (Lipinski definition) is 1. The maximum absolute atomic E-state index is 13.0. The minimum Gasteiger partial charge on any atom is -0.344 e. The van der Waals surface area contributed by atoms with Gasteiger partial charge in [0, 0.05) is 11.1 Å². The average molecular weight is 369 g/mol. The highest BCUT2D eigenvalue weighted by molar-refractivity contribution is 7.10. The number of carbonyl (C=O) groups excluding carboxylic acids is 1. The van der Waals surface area contributed by atoms with Gasteiger partial charge in [-0.05, 0) is 36.4 Å². The van der Waals surface area contributed by atoms with Crippen LogP contribution in [0.4, 0.5) is 0 Å². The van der Waals surface area contributed by atoms with Crippen molar-refractivity contribution < 1.29 is 4.79 Å². The van der Waals surface area contributed by atoms with Crippen LogP contribution in [-0.4, -0.2) is 20.7 Å². The minimum absolute atomic E-state index is 0.0232. The Balaban J connectivity index is 1.86. The van der Waals surface area contributed by atoms with Crippen LogP contribution >= 0.6 is 11.3 Å². The van der Waals surface area contributed by atoms with Crippen LogP contribution in [0.25, 0.3) is 5.82 Å². The Labute approximate surface area is 158 Å². The summed E-state index contributed by atoms with van der Waals surface area (Å²) in [5.41, 5.74) is 1.37. The number of thiophene rings is 1. The van der Waals surface area contributed by atoms with Gasteiger partial charge in [0.2, 0.25) is 0 Å². The number of amides is 1. The molecule has 1 amide bonds. The summed E-state index contributed by atoms with van der Waals surface area (Å²) in [5, 5.41) is 9.66. The van der Waals surface area contributed by atoms with Gasteiger partial charge in [0.15, 0.2) is 5.82 Å². The molecule has 136 valence electrons. The fourth-order valence-corrected chi connectivity index (χ4v) is 4.08. The van der Waals surface area contributed by atoms with Gasteiger partial charge in [0.1, 0.15) is 0 Å². The molecule has 0 fully saturated rings. The first-order chi connectivity index (χ1) is 12.7. The van der Waals surface area contributed by atoms with Crippen molar-refractivity contribution in [2.24, 2.45) is 5.92 Å². The number of aromatic nitrogens is 3. The molecular weight excluding hydrogens is 344 g/mol. The maximum atomic E-state index is 13.0. The lowest BCUT2D eigenvalue weighted by Gasteiger charge is -2.25. The van der Waals surface area contributed by atoms with Crippen LogP contribution in [0.3, 0.4) is 0 Å². The predicted molar refractivity (Wildman–Crippen MR) is 105 cm³/mol. The monoisotopic (exact) mass is 368 g/mol. The van der Waals surface area contributed by atoms with E-state index in [0.717, 1.165) is 18.5 Å². The molecule has 0 bridgehead atoms. The van der Waals surface area contributed by atoms with E-state index in [-0.39, 0.29) is 11.9 Å². The zero-order valence-corrected chi connectivity index (χ0v) is 16.2. The number of pyridine rings is 1. The lowest BCUT2D eigenvalue weighted by molar-refractivity contribution is 0.0920. The summed E-state index contributed by atoms with van der Waals surface area (Å²) in [4.78, 5) is 18.5. The second kappa shape index (κ2) is 8.27. The fourth-order valence-electron chi connectivity index (χ4n) is 3.21. The van der Waals surface area contributed by atoms with Crippen LogP contribution in [0.1, 0.15) is 53.7 Å². The number of nitrogens with one attached hydrogen (secondary N) is 1. The summed E-state index contributed by atoms with van der Waals surface area (Å²) in [5.74, 6) is 1.03. The van der Waals surface area contributed by atoms with Crippen molar-refractivity contribution in [2.45, 2.75) is 39.7 Å². The molecule has 3 aromatic rings. The SMILES string of the molecule is CCC(CC)C(NC(=O)c1cnn(-c2ccccn2)c1C)c1cccs1. The lowest BCUT2D eigenvalue weighted by atomic mass is 9.92. The molecule has 0 saturated heterocycles. The van der Waals surface area contributed by atoms with Gasteiger partial charge in [-0.1, -0.05) is 38.8 Å². The first-order valence-corrected chi connectivity index (χ1v) is 9.83. The molecule has 0 spiro atoms. The quantitative estimate of drug-likeness (QED) is 0.666. The van der Waals surface area contributed by atoms with E-state index in [1.165, 1.54) is 4.88 Å². The molecule has 5 nitrogen and oxygen atoms in total. The largest absolute Gasteiger partial charge is 0.344 e. The van der Waals surface area contributed by atoms with Crippen molar-refractivity contribution in [3.8, 4) is 5.82 Å². The van der Waals surface area contributed by atoms with E-state index in [9.17, 15) is 4.79 Å². The highest BCUT2D eigenvalue weighted by Crippen LogP contribution is 2.31. The Morgan fingerprint density at radius 1 is 1.23 bits per heavy atom. The van der Waals surface area contributed by atoms with Gasteiger partial charge < -0.3 is 5.32 Å². The molecule has 0 aliphatic carbocycles. The van der Waals surface area contributed by atoms with Crippen LogP contribution < -0.4 is 5.32 Å². The van der Waals surface area contributed by atoms with Crippen LogP contribution in [0, 0.1) is 12.8 Å². The molecule has 6 heteroatoms. The zero-order chi connectivity index (χ0) is 18.5. The van der Waals surface area contributed by atoms with Crippen molar-refractivity contribution in [3.05, 3.63) is 64.2 Å². The lowest BCUT2D eigenvalue weighted by Crippen LogP contribution is -2.33. The van der Waals surface area contributed by atoms with E-state index < -0.39 is 0 Å². The van der Waals surface area contributed by atoms with Crippen molar-refractivity contribution in [1.29, 1.82) is 0 Å². The van der Waals surface area contributed by atoms with Crippen molar-refractivity contribution >= 4 is 17.2 Å². The summed E-state index contributed by atoms with van der Waals surface area (Å²) in [6, 6.07) is 9.79. The third-order valence-corrected chi connectivity index (χ3v) is 5.73. The molecule has 0 aromatic carbocycles. The van der Waals surface area contributed by atoms with E-state index in [1.54, 1.807) is 28.4 Å². The molecule has 26 heavy (non-hydrogen) atoms. The Morgan fingerprint density at radius 2 is 2.04 bits per heavy atom. The summed E-state index contributed by atoms with van der Waals surface area (Å²) < 4.78 is 1.70. The van der Waals surface area contributed by atoms with E-state index in [2.05, 4.69) is 40.7 Å². The molecule has 3 rings (SSSR count). The number of carbonyl (C=O) groups is 1. The van der Waals surface area contributed by atoms with Gasteiger partial charge in [-0.2, -0.15) is 5.10 Å². The Bertz CT molecular complexity index is 838. The van der Waals surface area contributed by atoms with Gasteiger partial charge in [0.05, 0.1) is 23.5 Å². The Kier molecular flexibility index (Phi) is 5.83. The standard InChI is InChI=1S/C20H24N4OS/c1-4-15(5-2)19(17-9-8-12-26-17)23-20(25)16-13-22-24(14(16)3)18-10-6-7-11-21-18/h6-13,15,19H,4-5H2,1-3H3,(H,23,25). The van der Waals surface area contributed by atoms with E-state index >= 15 is 0 Å². The highest BCUT2D eigenvalue weighted by Gasteiger charge is 2.25. The van der Waals surface area contributed by atoms with Gasteiger partial charge in [-0.15, -0.1) is 11.3 Å². The molecule has 0 radical (unpaired) electrons. The number of nitrogens with zero attached hydrogens (tertiary/aromatic N) is 3. The van der Waals surface area contributed by atoms with Crippen molar-refractivity contribution in [1.82, 2.24) is 20.1 Å². The first kappa shape index (κ1) is 18.3. The van der Waals surface area contributed by atoms with Gasteiger partial charge in [-0.25, -0.2) is 9.67 Å². The molecule has 3 aromatic heterocycles. The predicted octanol–water partition coefficient (Wildman–Crippen LogP) is 4.54. The first-order valence-electron chi connectivity index (χ1n) is 8.96. The Hall–Kier alpha value is -2.47. The molecule has 1 atom stereocenters. The second-order valence-electron chi connectivity index (χ2n) is 6.29.